The predicted molar refractivity (Wildman–Crippen MR) is 172 cm³/mol. The van der Waals surface area contributed by atoms with Gasteiger partial charge in [0.05, 0.1) is 0 Å². The molecule has 6 aromatic carbocycles. The molecule has 3 nitrogen and oxygen atoms in total. The van der Waals surface area contributed by atoms with Gasteiger partial charge in [-0.1, -0.05) is 115 Å². The number of hydrogen-bond donors (Lipinski definition) is 0. The molecule has 0 bridgehead atoms. The number of nitrogens with zero attached hydrogens (tertiary/aromatic N) is 3. The highest BCUT2D eigenvalue weighted by Crippen LogP contribution is 2.39. The van der Waals surface area contributed by atoms with Crippen LogP contribution in [0.15, 0.2) is 140 Å². The second-order valence-corrected chi connectivity index (χ2v) is 11.1. The molecular formula is C37H23N3S. The van der Waals surface area contributed by atoms with Crippen molar-refractivity contribution in [1.82, 2.24) is 15.0 Å². The van der Waals surface area contributed by atoms with Crippen molar-refractivity contribution in [2.45, 2.75) is 0 Å². The molecule has 0 radical (unpaired) electrons. The summed E-state index contributed by atoms with van der Waals surface area (Å²) < 4.78 is 2.45. The molecule has 192 valence electrons. The normalized spacial score (nSPS) is 11.4. The molecule has 0 amide bonds. The molecule has 0 spiro atoms. The average molecular weight is 542 g/mol. The van der Waals surface area contributed by atoms with Crippen molar-refractivity contribution in [2.24, 2.45) is 0 Å². The molecule has 0 saturated heterocycles. The molecule has 0 atom stereocenters. The molecule has 0 N–H and O–H groups in total. The van der Waals surface area contributed by atoms with Crippen molar-refractivity contribution in [2.75, 3.05) is 0 Å². The maximum atomic E-state index is 5.10. The number of hydrogen-bond acceptors (Lipinski definition) is 4. The summed E-state index contributed by atoms with van der Waals surface area (Å²) in [6, 6.07) is 48.6. The third-order valence-corrected chi connectivity index (χ3v) is 8.74. The lowest BCUT2D eigenvalue weighted by atomic mass is 10.0. The highest BCUT2D eigenvalue weighted by molar-refractivity contribution is 7.26. The Hall–Kier alpha value is -5.19. The largest absolute Gasteiger partial charge is 0.208 e. The van der Waals surface area contributed by atoms with Crippen LogP contribution in [-0.2, 0) is 0 Å². The zero-order valence-corrected chi connectivity index (χ0v) is 22.8. The summed E-state index contributed by atoms with van der Waals surface area (Å²) in [5, 5.41) is 4.83. The second kappa shape index (κ2) is 9.77. The SMILES string of the molecule is c1ccc(-c2cccc(-c3nc(-c4ccc5ccccc5c4)nc(-c4cccc5c4sc4ccccc45)n3)c2)cc1. The number of rotatable bonds is 4. The van der Waals surface area contributed by atoms with Crippen molar-refractivity contribution >= 4 is 42.3 Å². The molecule has 0 aliphatic carbocycles. The Bertz CT molecular complexity index is 2220. The summed E-state index contributed by atoms with van der Waals surface area (Å²) in [5.74, 6) is 2.01. The molecule has 0 fully saturated rings. The van der Waals surface area contributed by atoms with Crippen LogP contribution in [0.1, 0.15) is 0 Å². The van der Waals surface area contributed by atoms with Gasteiger partial charge in [-0.3, -0.25) is 0 Å². The van der Waals surface area contributed by atoms with Gasteiger partial charge in [0.2, 0.25) is 0 Å². The van der Waals surface area contributed by atoms with Crippen LogP contribution < -0.4 is 0 Å². The lowest BCUT2D eigenvalue weighted by Crippen LogP contribution is -2.00. The first-order chi connectivity index (χ1) is 20.3. The van der Waals surface area contributed by atoms with Gasteiger partial charge >= 0.3 is 0 Å². The third kappa shape index (κ3) is 4.26. The number of benzene rings is 6. The summed E-state index contributed by atoms with van der Waals surface area (Å²) in [6.07, 6.45) is 0. The van der Waals surface area contributed by atoms with Crippen molar-refractivity contribution in [3.05, 3.63) is 140 Å². The van der Waals surface area contributed by atoms with E-state index in [2.05, 4.69) is 133 Å². The Kier molecular flexibility index (Phi) is 5.64. The Labute approximate surface area is 241 Å². The fraction of sp³-hybridized carbons (Fsp3) is 0. The maximum Gasteiger partial charge on any atom is 0.165 e. The Morgan fingerprint density at radius 1 is 0.390 bits per heavy atom. The first kappa shape index (κ1) is 23.7. The smallest absolute Gasteiger partial charge is 0.165 e. The molecule has 2 aromatic heterocycles. The van der Waals surface area contributed by atoms with Crippen LogP contribution in [0, 0.1) is 0 Å². The lowest BCUT2D eigenvalue weighted by molar-refractivity contribution is 1.08. The molecule has 2 heterocycles. The maximum absolute atomic E-state index is 5.10. The molecule has 41 heavy (non-hydrogen) atoms. The molecular weight excluding hydrogens is 518 g/mol. The van der Waals surface area contributed by atoms with Gasteiger partial charge in [-0.15, -0.1) is 11.3 Å². The fourth-order valence-corrected chi connectivity index (χ4v) is 6.69. The monoisotopic (exact) mass is 541 g/mol. The molecule has 0 unspecified atom stereocenters. The number of fused-ring (bicyclic) bond motifs is 4. The van der Waals surface area contributed by atoms with E-state index in [-0.39, 0.29) is 0 Å². The van der Waals surface area contributed by atoms with Gasteiger partial charge in [-0.25, -0.2) is 15.0 Å². The lowest BCUT2D eigenvalue weighted by Gasteiger charge is -2.11. The highest BCUT2D eigenvalue weighted by atomic mass is 32.1. The van der Waals surface area contributed by atoms with Crippen molar-refractivity contribution in [3.8, 4) is 45.3 Å². The van der Waals surface area contributed by atoms with Crippen LogP contribution in [0.3, 0.4) is 0 Å². The highest BCUT2D eigenvalue weighted by Gasteiger charge is 2.17. The summed E-state index contributed by atoms with van der Waals surface area (Å²) >= 11 is 1.79. The first-order valence-electron chi connectivity index (χ1n) is 13.6. The molecule has 0 aliphatic heterocycles. The Morgan fingerprint density at radius 2 is 1.02 bits per heavy atom. The number of thiophene rings is 1. The second-order valence-electron chi connectivity index (χ2n) is 10.1. The van der Waals surface area contributed by atoms with Crippen LogP contribution in [0.5, 0.6) is 0 Å². The van der Waals surface area contributed by atoms with Gasteiger partial charge in [-0.2, -0.15) is 0 Å². The molecule has 0 saturated carbocycles. The number of aromatic nitrogens is 3. The van der Waals surface area contributed by atoms with Gasteiger partial charge in [0.15, 0.2) is 17.5 Å². The molecule has 0 aliphatic rings. The zero-order valence-electron chi connectivity index (χ0n) is 22.0. The fourth-order valence-electron chi connectivity index (χ4n) is 5.47. The molecule has 4 heteroatoms. The summed E-state index contributed by atoms with van der Waals surface area (Å²) in [4.78, 5) is 15.2. The first-order valence-corrected chi connectivity index (χ1v) is 14.4. The summed E-state index contributed by atoms with van der Waals surface area (Å²) in [6.45, 7) is 0. The molecule has 8 aromatic rings. The van der Waals surface area contributed by atoms with E-state index < -0.39 is 0 Å². The minimum Gasteiger partial charge on any atom is -0.208 e. The van der Waals surface area contributed by atoms with E-state index in [9.17, 15) is 0 Å². The van der Waals surface area contributed by atoms with E-state index in [1.54, 1.807) is 11.3 Å². The van der Waals surface area contributed by atoms with Gasteiger partial charge < -0.3 is 0 Å². The van der Waals surface area contributed by atoms with Gasteiger partial charge in [0.1, 0.15) is 0 Å². The van der Waals surface area contributed by atoms with E-state index in [1.807, 2.05) is 6.07 Å². The van der Waals surface area contributed by atoms with Crippen molar-refractivity contribution in [1.29, 1.82) is 0 Å². The minimum atomic E-state index is 0.661. The van der Waals surface area contributed by atoms with E-state index in [0.29, 0.717) is 17.5 Å². The molecule has 8 rings (SSSR count). The topological polar surface area (TPSA) is 38.7 Å². The average Bonchev–Trinajstić information content (AvgIpc) is 3.44. The van der Waals surface area contributed by atoms with Crippen molar-refractivity contribution < 1.29 is 0 Å². The van der Waals surface area contributed by atoms with Crippen LogP contribution in [0.4, 0.5) is 0 Å². The van der Waals surface area contributed by atoms with Gasteiger partial charge in [0, 0.05) is 36.9 Å². The Morgan fingerprint density at radius 3 is 1.90 bits per heavy atom. The van der Waals surface area contributed by atoms with Gasteiger partial charge in [0.25, 0.3) is 0 Å². The van der Waals surface area contributed by atoms with Crippen molar-refractivity contribution in [3.63, 3.8) is 0 Å². The zero-order chi connectivity index (χ0) is 27.2. The van der Waals surface area contributed by atoms with E-state index >= 15 is 0 Å². The predicted octanol–water partition coefficient (Wildman–Crippen LogP) is 10.1. The summed E-state index contributed by atoms with van der Waals surface area (Å²) in [5.41, 5.74) is 5.24. The van der Waals surface area contributed by atoms with E-state index in [4.69, 9.17) is 15.0 Å². The van der Waals surface area contributed by atoms with E-state index in [1.165, 1.54) is 25.6 Å². The Balaban J connectivity index is 1.36. The quantitative estimate of drug-likeness (QED) is 0.222. The van der Waals surface area contributed by atoms with Crippen LogP contribution in [0.2, 0.25) is 0 Å². The van der Waals surface area contributed by atoms with Gasteiger partial charge in [-0.05, 0) is 46.2 Å². The summed E-state index contributed by atoms with van der Waals surface area (Å²) in [7, 11) is 0. The third-order valence-electron chi connectivity index (χ3n) is 7.52. The van der Waals surface area contributed by atoms with E-state index in [0.717, 1.165) is 33.2 Å². The van der Waals surface area contributed by atoms with Crippen LogP contribution in [-0.4, -0.2) is 15.0 Å². The standard InChI is InChI=1S/C37H23N3S/c1-2-10-24(11-3-1)27-14-8-15-28(22-27)35-38-36(29-21-20-25-12-4-5-13-26(25)23-29)40-37(39-35)32-18-9-17-31-30-16-6-7-19-33(30)41-34(31)32/h1-23H. The van der Waals surface area contributed by atoms with Crippen LogP contribution >= 0.6 is 11.3 Å². The van der Waals surface area contributed by atoms with Crippen LogP contribution in [0.25, 0.3) is 76.2 Å². The minimum absolute atomic E-state index is 0.661.